The molecule has 0 bridgehead atoms. The number of halogens is 4. The summed E-state index contributed by atoms with van der Waals surface area (Å²) in [5.41, 5.74) is -3.25. The molecule has 0 saturated carbocycles. The van der Waals surface area contributed by atoms with Crippen LogP contribution >= 0.6 is 11.6 Å². The summed E-state index contributed by atoms with van der Waals surface area (Å²) < 4.78 is 70.6. The lowest BCUT2D eigenvalue weighted by atomic mass is 9.87. The van der Waals surface area contributed by atoms with E-state index in [-0.39, 0.29) is 10.6 Å². The van der Waals surface area contributed by atoms with Crippen molar-refractivity contribution in [2.75, 3.05) is 4.72 Å². The smallest absolute Gasteiger partial charge is 0.262 e. The molecule has 11 heteroatoms. The third kappa shape index (κ3) is 3.81. The van der Waals surface area contributed by atoms with Crippen LogP contribution < -0.4 is 4.72 Å². The lowest BCUT2D eigenvalue weighted by Gasteiger charge is -2.26. The highest BCUT2D eigenvalue weighted by Crippen LogP contribution is 2.39. The molecule has 1 atom stereocenters. The minimum Gasteiger partial charge on any atom is -0.380 e. The molecule has 166 valence electrons. The van der Waals surface area contributed by atoms with Crippen molar-refractivity contribution in [2.45, 2.75) is 17.4 Å². The SMILES string of the molecule is CC(O)(c1c(F)ccc(NS(=O)(=O)c2cccc(F)c2)c1F)c1c[nH]c2ncc(Cl)cc12. The number of anilines is 1. The second-order valence-electron chi connectivity index (χ2n) is 7.17. The molecule has 0 aliphatic heterocycles. The van der Waals surface area contributed by atoms with Crippen molar-refractivity contribution in [3.05, 3.63) is 88.5 Å². The number of aliphatic hydroxyl groups is 1. The molecule has 2 heterocycles. The summed E-state index contributed by atoms with van der Waals surface area (Å²) in [6.45, 7) is 1.16. The van der Waals surface area contributed by atoms with Crippen LogP contribution in [0.3, 0.4) is 0 Å². The van der Waals surface area contributed by atoms with Gasteiger partial charge < -0.3 is 10.1 Å². The lowest BCUT2D eigenvalue weighted by molar-refractivity contribution is 0.0951. The molecule has 0 radical (unpaired) electrons. The van der Waals surface area contributed by atoms with E-state index in [1.807, 2.05) is 4.72 Å². The van der Waals surface area contributed by atoms with Crippen LogP contribution in [0.5, 0.6) is 0 Å². The topological polar surface area (TPSA) is 95.1 Å². The molecule has 0 aliphatic carbocycles. The Kier molecular flexibility index (Phi) is 5.40. The minimum atomic E-state index is -4.40. The quantitative estimate of drug-likeness (QED) is 0.385. The number of pyridine rings is 1. The van der Waals surface area contributed by atoms with Gasteiger partial charge in [-0.05, 0) is 43.3 Å². The monoisotopic (exact) mass is 481 g/mol. The molecule has 0 fully saturated rings. The number of hydrogen-bond donors (Lipinski definition) is 3. The van der Waals surface area contributed by atoms with Gasteiger partial charge in [-0.15, -0.1) is 0 Å². The van der Waals surface area contributed by atoms with Crippen LogP contribution in [0.2, 0.25) is 5.02 Å². The zero-order chi connectivity index (χ0) is 23.3. The first-order chi connectivity index (χ1) is 15.0. The van der Waals surface area contributed by atoms with Gasteiger partial charge in [-0.25, -0.2) is 26.6 Å². The summed E-state index contributed by atoms with van der Waals surface area (Å²) >= 11 is 5.96. The van der Waals surface area contributed by atoms with E-state index in [1.165, 1.54) is 24.5 Å². The van der Waals surface area contributed by atoms with Gasteiger partial charge in [-0.2, -0.15) is 0 Å². The zero-order valence-electron chi connectivity index (χ0n) is 16.3. The summed E-state index contributed by atoms with van der Waals surface area (Å²) in [6.07, 6.45) is 2.69. The van der Waals surface area contributed by atoms with E-state index >= 15 is 4.39 Å². The predicted molar refractivity (Wildman–Crippen MR) is 113 cm³/mol. The van der Waals surface area contributed by atoms with Gasteiger partial charge in [-0.3, -0.25) is 4.72 Å². The van der Waals surface area contributed by atoms with Crippen molar-refractivity contribution < 1.29 is 26.7 Å². The Labute approximate surface area is 185 Å². The maximum absolute atomic E-state index is 15.4. The third-order valence-electron chi connectivity index (χ3n) is 4.95. The number of fused-ring (bicyclic) bond motifs is 1. The van der Waals surface area contributed by atoms with Crippen LogP contribution in [0.1, 0.15) is 18.1 Å². The minimum absolute atomic E-state index is 0.0745. The van der Waals surface area contributed by atoms with Crippen LogP contribution in [0.4, 0.5) is 18.9 Å². The molecule has 6 nitrogen and oxygen atoms in total. The van der Waals surface area contributed by atoms with Crippen LogP contribution in [0, 0.1) is 17.5 Å². The average molecular weight is 482 g/mol. The number of aromatic nitrogens is 2. The number of aromatic amines is 1. The van der Waals surface area contributed by atoms with E-state index in [0.717, 1.165) is 37.3 Å². The van der Waals surface area contributed by atoms with E-state index in [4.69, 9.17) is 11.6 Å². The zero-order valence-corrected chi connectivity index (χ0v) is 17.9. The summed E-state index contributed by atoms with van der Waals surface area (Å²) in [5, 5.41) is 11.7. The maximum Gasteiger partial charge on any atom is 0.262 e. The molecule has 32 heavy (non-hydrogen) atoms. The van der Waals surface area contributed by atoms with Crippen LogP contribution in [-0.4, -0.2) is 23.5 Å². The van der Waals surface area contributed by atoms with Gasteiger partial charge in [0.15, 0.2) is 5.82 Å². The fraction of sp³-hybridized carbons (Fsp3) is 0.0952. The summed E-state index contributed by atoms with van der Waals surface area (Å²) in [7, 11) is -4.40. The van der Waals surface area contributed by atoms with Crippen molar-refractivity contribution in [3.63, 3.8) is 0 Å². The van der Waals surface area contributed by atoms with Gasteiger partial charge in [0, 0.05) is 23.3 Å². The molecule has 4 rings (SSSR count). The molecule has 4 aromatic rings. The average Bonchev–Trinajstić information content (AvgIpc) is 3.14. The molecule has 0 spiro atoms. The van der Waals surface area contributed by atoms with Crippen molar-refractivity contribution in [3.8, 4) is 0 Å². The molecular formula is C21H15ClF3N3O3S. The lowest BCUT2D eigenvalue weighted by Crippen LogP contribution is -2.27. The maximum atomic E-state index is 15.4. The number of hydrogen-bond acceptors (Lipinski definition) is 4. The van der Waals surface area contributed by atoms with Gasteiger partial charge in [-0.1, -0.05) is 17.7 Å². The summed E-state index contributed by atoms with van der Waals surface area (Å²) in [5.74, 6) is -3.24. The van der Waals surface area contributed by atoms with Gasteiger partial charge in [0.2, 0.25) is 0 Å². The van der Waals surface area contributed by atoms with Crippen molar-refractivity contribution in [2.24, 2.45) is 0 Å². The number of nitrogens with zero attached hydrogens (tertiary/aromatic N) is 1. The highest BCUT2D eigenvalue weighted by molar-refractivity contribution is 7.92. The molecule has 2 aromatic heterocycles. The Bertz CT molecular complexity index is 1460. The largest absolute Gasteiger partial charge is 0.380 e. The molecule has 1 unspecified atom stereocenters. The molecule has 3 N–H and O–H groups in total. The third-order valence-corrected chi connectivity index (χ3v) is 6.52. The molecule has 2 aromatic carbocycles. The Morgan fingerprint density at radius 3 is 2.62 bits per heavy atom. The van der Waals surface area contributed by atoms with Crippen LogP contribution in [0.25, 0.3) is 11.0 Å². The number of nitrogens with one attached hydrogen (secondary N) is 2. The molecular weight excluding hydrogens is 467 g/mol. The Balaban J connectivity index is 1.82. The van der Waals surface area contributed by atoms with E-state index in [1.54, 1.807) is 0 Å². The van der Waals surface area contributed by atoms with E-state index in [2.05, 4.69) is 9.97 Å². The molecule has 0 aliphatic rings. The normalized spacial score (nSPS) is 13.8. The fourth-order valence-corrected chi connectivity index (χ4v) is 4.68. The fourth-order valence-electron chi connectivity index (χ4n) is 3.43. The van der Waals surface area contributed by atoms with Crippen LogP contribution in [-0.2, 0) is 15.6 Å². The highest BCUT2D eigenvalue weighted by atomic mass is 35.5. The van der Waals surface area contributed by atoms with Gasteiger partial charge in [0.25, 0.3) is 10.0 Å². The number of rotatable bonds is 5. The summed E-state index contributed by atoms with van der Waals surface area (Å²) in [6, 6.07) is 7.25. The van der Waals surface area contributed by atoms with Crippen molar-refractivity contribution in [1.82, 2.24) is 9.97 Å². The van der Waals surface area contributed by atoms with Crippen molar-refractivity contribution >= 4 is 38.3 Å². The van der Waals surface area contributed by atoms with Gasteiger partial charge >= 0.3 is 0 Å². The highest BCUT2D eigenvalue weighted by Gasteiger charge is 2.36. The van der Waals surface area contributed by atoms with Crippen molar-refractivity contribution in [1.29, 1.82) is 0 Å². The second-order valence-corrected chi connectivity index (χ2v) is 9.29. The molecule has 0 amide bonds. The first-order valence-corrected chi connectivity index (χ1v) is 11.0. The van der Waals surface area contributed by atoms with E-state index in [9.17, 15) is 22.3 Å². The standard InChI is InChI=1S/C21H15ClF3N3O3S/c1-21(29,15-10-27-20-14(15)7-11(22)9-26-20)18-16(24)5-6-17(19(18)25)28-32(30,31)13-4-2-3-12(23)8-13/h2-10,28-29H,1H3,(H,26,27). The predicted octanol–water partition coefficient (Wildman–Crippen LogP) is 4.69. The van der Waals surface area contributed by atoms with Gasteiger partial charge in [0.05, 0.1) is 21.2 Å². The Morgan fingerprint density at radius 1 is 1.16 bits per heavy atom. The van der Waals surface area contributed by atoms with Crippen LogP contribution in [0.15, 0.2) is 59.8 Å². The number of sulfonamides is 1. The first-order valence-electron chi connectivity index (χ1n) is 9.13. The Morgan fingerprint density at radius 2 is 1.91 bits per heavy atom. The first kappa shape index (κ1) is 22.1. The number of H-pyrrole nitrogens is 1. The summed E-state index contributed by atoms with van der Waals surface area (Å²) in [4.78, 5) is 6.39. The number of benzene rings is 2. The van der Waals surface area contributed by atoms with E-state index in [0.29, 0.717) is 11.0 Å². The van der Waals surface area contributed by atoms with E-state index < -0.39 is 49.2 Å². The molecule has 0 saturated heterocycles. The Hall–Kier alpha value is -3.08. The van der Waals surface area contributed by atoms with Gasteiger partial charge in [0.1, 0.15) is 22.9 Å². The second kappa shape index (κ2) is 7.80.